The van der Waals surface area contributed by atoms with E-state index in [1.165, 1.54) is 24.9 Å². The third kappa shape index (κ3) is 4.08. The lowest BCUT2D eigenvalue weighted by Crippen LogP contribution is -2.36. The van der Waals surface area contributed by atoms with Crippen LogP contribution in [0, 0.1) is 6.92 Å². The van der Waals surface area contributed by atoms with E-state index in [2.05, 4.69) is 49.1 Å². The Morgan fingerprint density at radius 1 is 1.45 bits per heavy atom. The van der Waals surface area contributed by atoms with Gasteiger partial charge in [-0.15, -0.1) is 0 Å². The van der Waals surface area contributed by atoms with Crippen molar-refractivity contribution in [2.75, 3.05) is 33.7 Å². The maximum absolute atomic E-state index is 6.01. The molecule has 2 heterocycles. The van der Waals surface area contributed by atoms with Gasteiger partial charge in [-0.2, -0.15) is 0 Å². The zero-order valence-electron chi connectivity index (χ0n) is 13.4. The number of aryl methyl sites for hydroxylation is 1. The number of hydrogen-bond donors (Lipinski definition) is 1. The van der Waals surface area contributed by atoms with Crippen molar-refractivity contribution >= 4 is 0 Å². The van der Waals surface area contributed by atoms with Crippen LogP contribution in [0.15, 0.2) is 10.5 Å². The summed E-state index contributed by atoms with van der Waals surface area (Å²) in [6.45, 7) is 9.36. The first-order valence-electron chi connectivity index (χ1n) is 7.77. The molecule has 0 amide bonds. The lowest BCUT2D eigenvalue weighted by atomic mass is 10.2. The Balaban J connectivity index is 1.95. The number of hydrogen-bond acceptors (Lipinski definition) is 4. The first kappa shape index (κ1) is 15.5. The van der Waals surface area contributed by atoms with Crippen molar-refractivity contribution in [3.05, 3.63) is 23.2 Å². The first-order valence-corrected chi connectivity index (χ1v) is 7.77. The third-order valence-corrected chi connectivity index (χ3v) is 4.04. The van der Waals surface area contributed by atoms with Crippen molar-refractivity contribution in [3.8, 4) is 0 Å². The van der Waals surface area contributed by atoms with Gasteiger partial charge in [0.25, 0.3) is 0 Å². The molecule has 0 bridgehead atoms. The van der Waals surface area contributed by atoms with E-state index in [0.717, 1.165) is 37.7 Å². The third-order valence-electron chi connectivity index (χ3n) is 4.04. The largest absolute Gasteiger partial charge is 0.463 e. The molecule has 1 aromatic rings. The van der Waals surface area contributed by atoms with Crippen LogP contribution in [-0.4, -0.2) is 49.6 Å². The Morgan fingerprint density at radius 3 is 2.95 bits per heavy atom. The van der Waals surface area contributed by atoms with Gasteiger partial charge in [-0.05, 0) is 58.6 Å². The summed E-state index contributed by atoms with van der Waals surface area (Å²) in [5, 5.41) is 3.33. The van der Waals surface area contributed by atoms with E-state index in [1.54, 1.807) is 0 Å². The van der Waals surface area contributed by atoms with Crippen LogP contribution in [-0.2, 0) is 13.1 Å². The fraction of sp³-hybridized carbons (Fsp3) is 0.750. The lowest BCUT2D eigenvalue weighted by Gasteiger charge is -2.26. The standard InChI is InChI=1S/C16H29N3O/c1-5-17-10-16-13(2)9-15(20-16)12-19-8-6-7-14(19)11-18(3)4/h9,14,17H,5-8,10-12H2,1-4H3. The maximum Gasteiger partial charge on any atom is 0.120 e. The van der Waals surface area contributed by atoms with E-state index in [4.69, 9.17) is 4.42 Å². The number of likely N-dealkylation sites (N-methyl/N-ethyl adjacent to an activating group) is 1. The van der Waals surface area contributed by atoms with E-state index in [-0.39, 0.29) is 0 Å². The summed E-state index contributed by atoms with van der Waals surface area (Å²) >= 11 is 0. The minimum atomic E-state index is 0.674. The number of rotatable bonds is 7. The van der Waals surface area contributed by atoms with Gasteiger partial charge in [0.15, 0.2) is 0 Å². The van der Waals surface area contributed by atoms with Crippen LogP contribution < -0.4 is 5.32 Å². The second-order valence-electron chi connectivity index (χ2n) is 6.13. The van der Waals surface area contributed by atoms with Crippen molar-refractivity contribution in [3.63, 3.8) is 0 Å². The fourth-order valence-electron chi connectivity index (χ4n) is 3.01. The molecule has 0 aliphatic carbocycles. The molecule has 4 heteroatoms. The molecule has 4 nitrogen and oxygen atoms in total. The first-order chi connectivity index (χ1) is 9.60. The summed E-state index contributed by atoms with van der Waals surface area (Å²) in [5.74, 6) is 2.20. The Morgan fingerprint density at radius 2 is 2.25 bits per heavy atom. The van der Waals surface area contributed by atoms with Crippen LogP contribution in [0.4, 0.5) is 0 Å². The number of nitrogens with zero attached hydrogens (tertiary/aromatic N) is 2. The Bertz CT molecular complexity index is 414. The van der Waals surface area contributed by atoms with Gasteiger partial charge in [0, 0.05) is 12.6 Å². The van der Waals surface area contributed by atoms with Crippen LogP contribution >= 0.6 is 0 Å². The quantitative estimate of drug-likeness (QED) is 0.829. The highest BCUT2D eigenvalue weighted by atomic mass is 16.3. The molecule has 0 saturated carbocycles. The highest BCUT2D eigenvalue weighted by Crippen LogP contribution is 2.23. The van der Waals surface area contributed by atoms with Crippen molar-refractivity contribution in [2.45, 2.75) is 45.8 Å². The lowest BCUT2D eigenvalue weighted by molar-refractivity contribution is 0.187. The average Bonchev–Trinajstić information content (AvgIpc) is 2.94. The summed E-state index contributed by atoms with van der Waals surface area (Å²) in [5.41, 5.74) is 1.27. The van der Waals surface area contributed by atoms with E-state index < -0.39 is 0 Å². The molecular formula is C16H29N3O. The molecular weight excluding hydrogens is 250 g/mol. The molecule has 1 fully saturated rings. The zero-order valence-corrected chi connectivity index (χ0v) is 13.4. The monoisotopic (exact) mass is 279 g/mol. The van der Waals surface area contributed by atoms with Gasteiger partial charge < -0.3 is 14.6 Å². The minimum Gasteiger partial charge on any atom is -0.463 e. The van der Waals surface area contributed by atoms with E-state index in [0.29, 0.717) is 6.04 Å². The average molecular weight is 279 g/mol. The Hall–Kier alpha value is -0.840. The summed E-state index contributed by atoms with van der Waals surface area (Å²) in [6.07, 6.45) is 2.62. The minimum absolute atomic E-state index is 0.674. The molecule has 1 saturated heterocycles. The summed E-state index contributed by atoms with van der Waals surface area (Å²) in [4.78, 5) is 4.85. The number of likely N-dealkylation sites (tertiary alicyclic amines) is 1. The topological polar surface area (TPSA) is 31.7 Å². The smallest absolute Gasteiger partial charge is 0.120 e. The fourth-order valence-corrected chi connectivity index (χ4v) is 3.01. The molecule has 0 spiro atoms. The van der Waals surface area contributed by atoms with E-state index >= 15 is 0 Å². The van der Waals surface area contributed by atoms with Gasteiger partial charge in [-0.3, -0.25) is 4.90 Å². The second kappa shape index (κ2) is 7.25. The van der Waals surface area contributed by atoms with Crippen LogP contribution in [0.3, 0.4) is 0 Å². The predicted molar refractivity (Wildman–Crippen MR) is 82.8 cm³/mol. The molecule has 0 radical (unpaired) electrons. The van der Waals surface area contributed by atoms with Gasteiger partial charge in [-0.25, -0.2) is 0 Å². The van der Waals surface area contributed by atoms with E-state index in [1.807, 2.05) is 0 Å². The van der Waals surface area contributed by atoms with Gasteiger partial charge >= 0.3 is 0 Å². The molecule has 20 heavy (non-hydrogen) atoms. The normalized spacial score (nSPS) is 20.1. The molecule has 2 rings (SSSR count). The summed E-state index contributed by atoms with van der Waals surface area (Å²) in [7, 11) is 4.31. The number of furan rings is 1. The molecule has 1 aliphatic rings. The molecule has 1 atom stereocenters. The molecule has 1 N–H and O–H groups in total. The Kier molecular flexibility index (Phi) is 5.64. The van der Waals surface area contributed by atoms with Gasteiger partial charge in [0.05, 0.1) is 13.1 Å². The van der Waals surface area contributed by atoms with Crippen LogP contribution in [0.2, 0.25) is 0 Å². The summed E-state index contributed by atoms with van der Waals surface area (Å²) in [6, 6.07) is 2.88. The molecule has 0 aromatic carbocycles. The van der Waals surface area contributed by atoms with Crippen LogP contribution in [0.25, 0.3) is 0 Å². The van der Waals surface area contributed by atoms with Crippen molar-refractivity contribution in [1.29, 1.82) is 0 Å². The van der Waals surface area contributed by atoms with Crippen molar-refractivity contribution < 1.29 is 4.42 Å². The Labute approximate surface area is 123 Å². The SMILES string of the molecule is CCNCc1oc(CN2CCCC2CN(C)C)cc1C. The highest BCUT2D eigenvalue weighted by molar-refractivity contribution is 5.20. The highest BCUT2D eigenvalue weighted by Gasteiger charge is 2.25. The van der Waals surface area contributed by atoms with Crippen LogP contribution in [0.1, 0.15) is 36.8 Å². The van der Waals surface area contributed by atoms with Crippen LogP contribution in [0.5, 0.6) is 0 Å². The molecule has 114 valence electrons. The zero-order chi connectivity index (χ0) is 14.5. The summed E-state index contributed by atoms with van der Waals surface area (Å²) < 4.78 is 6.01. The molecule has 1 aliphatic heterocycles. The van der Waals surface area contributed by atoms with Gasteiger partial charge in [0.2, 0.25) is 0 Å². The predicted octanol–water partition coefficient (Wildman–Crippen LogP) is 2.22. The van der Waals surface area contributed by atoms with Crippen molar-refractivity contribution in [1.82, 2.24) is 15.1 Å². The van der Waals surface area contributed by atoms with Gasteiger partial charge in [-0.1, -0.05) is 6.92 Å². The maximum atomic E-state index is 6.01. The van der Waals surface area contributed by atoms with Crippen molar-refractivity contribution in [2.24, 2.45) is 0 Å². The number of nitrogens with one attached hydrogen (secondary N) is 1. The second-order valence-corrected chi connectivity index (χ2v) is 6.13. The van der Waals surface area contributed by atoms with Gasteiger partial charge in [0.1, 0.15) is 11.5 Å². The van der Waals surface area contributed by atoms with E-state index in [9.17, 15) is 0 Å². The molecule has 1 aromatic heterocycles. The molecule has 1 unspecified atom stereocenters.